The van der Waals surface area contributed by atoms with Crippen molar-refractivity contribution in [2.45, 2.75) is 6.17 Å². The maximum atomic E-state index is 5.45. The second kappa shape index (κ2) is 5.38. The quantitative estimate of drug-likeness (QED) is 0.670. The molecule has 0 bridgehead atoms. The molecule has 0 amide bonds. The molecule has 0 spiro atoms. The monoisotopic (exact) mass is 256 g/mol. The average molecular weight is 256 g/mol. The second-order valence-electron chi connectivity index (χ2n) is 4.30. The SMILES string of the molecule is COc1ccc(C2NNNN2)cc1-c1ccccc1. The third kappa shape index (κ3) is 2.45. The summed E-state index contributed by atoms with van der Waals surface area (Å²) in [6.45, 7) is 0. The van der Waals surface area contributed by atoms with Gasteiger partial charge in [0.25, 0.3) is 0 Å². The average Bonchev–Trinajstić information content (AvgIpc) is 3.02. The number of methoxy groups -OCH3 is 1. The van der Waals surface area contributed by atoms with E-state index in [2.05, 4.69) is 40.1 Å². The Kier molecular flexibility index (Phi) is 3.43. The number of hydrazine groups is 3. The molecular formula is C14H16N4O. The van der Waals surface area contributed by atoms with Gasteiger partial charge < -0.3 is 4.74 Å². The third-order valence-electron chi connectivity index (χ3n) is 3.14. The van der Waals surface area contributed by atoms with Crippen LogP contribution in [0.4, 0.5) is 0 Å². The van der Waals surface area contributed by atoms with Gasteiger partial charge in [0.05, 0.1) is 7.11 Å². The van der Waals surface area contributed by atoms with Crippen LogP contribution in [0.5, 0.6) is 5.75 Å². The normalized spacial score (nSPS) is 15.6. The Bertz CT molecular complexity index is 553. The van der Waals surface area contributed by atoms with E-state index in [0.717, 1.165) is 22.4 Å². The lowest BCUT2D eigenvalue weighted by molar-refractivity contribution is 0.416. The molecule has 5 heteroatoms. The van der Waals surface area contributed by atoms with Gasteiger partial charge >= 0.3 is 0 Å². The number of hydrogen-bond acceptors (Lipinski definition) is 5. The Morgan fingerprint density at radius 1 is 0.947 bits per heavy atom. The highest BCUT2D eigenvalue weighted by Crippen LogP contribution is 2.32. The van der Waals surface area contributed by atoms with Crippen molar-refractivity contribution in [2.24, 2.45) is 0 Å². The van der Waals surface area contributed by atoms with E-state index in [1.165, 1.54) is 0 Å². The van der Waals surface area contributed by atoms with Gasteiger partial charge in [-0.05, 0) is 23.3 Å². The van der Waals surface area contributed by atoms with Crippen molar-refractivity contribution in [3.63, 3.8) is 0 Å². The molecule has 0 aliphatic carbocycles. The maximum absolute atomic E-state index is 5.45. The summed E-state index contributed by atoms with van der Waals surface area (Å²) in [5.74, 6) is 0.869. The summed E-state index contributed by atoms with van der Waals surface area (Å²) in [6, 6.07) is 16.3. The molecule has 1 aliphatic rings. The summed E-state index contributed by atoms with van der Waals surface area (Å²) in [6.07, 6.45) is 0.0216. The van der Waals surface area contributed by atoms with Crippen LogP contribution in [-0.4, -0.2) is 7.11 Å². The fourth-order valence-corrected chi connectivity index (χ4v) is 2.17. The van der Waals surface area contributed by atoms with Gasteiger partial charge in [-0.15, -0.1) is 0 Å². The van der Waals surface area contributed by atoms with Crippen molar-refractivity contribution in [1.29, 1.82) is 0 Å². The van der Waals surface area contributed by atoms with Crippen LogP contribution in [0.3, 0.4) is 0 Å². The fraction of sp³-hybridized carbons (Fsp3) is 0.143. The van der Waals surface area contributed by atoms with Crippen LogP contribution in [0.25, 0.3) is 11.1 Å². The first-order chi connectivity index (χ1) is 9.38. The Labute approximate surface area is 111 Å². The van der Waals surface area contributed by atoms with E-state index in [-0.39, 0.29) is 6.17 Å². The minimum absolute atomic E-state index is 0.0216. The van der Waals surface area contributed by atoms with Crippen LogP contribution in [0.2, 0.25) is 0 Å². The van der Waals surface area contributed by atoms with E-state index in [9.17, 15) is 0 Å². The number of hydrogen-bond donors (Lipinski definition) is 4. The molecule has 0 unspecified atom stereocenters. The van der Waals surface area contributed by atoms with Gasteiger partial charge in [0.2, 0.25) is 0 Å². The zero-order valence-electron chi connectivity index (χ0n) is 10.6. The molecular weight excluding hydrogens is 240 g/mol. The first-order valence-electron chi connectivity index (χ1n) is 6.13. The van der Waals surface area contributed by atoms with Crippen molar-refractivity contribution in [3.8, 4) is 16.9 Å². The van der Waals surface area contributed by atoms with Gasteiger partial charge in [0, 0.05) is 5.56 Å². The van der Waals surface area contributed by atoms with Crippen molar-refractivity contribution < 1.29 is 4.74 Å². The molecule has 5 nitrogen and oxygen atoms in total. The Morgan fingerprint density at radius 2 is 1.68 bits per heavy atom. The van der Waals surface area contributed by atoms with Gasteiger partial charge in [-0.1, -0.05) is 36.4 Å². The van der Waals surface area contributed by atoms with Crippen LogP contribution in [0.1, 0.15) is 11.7 Å². The molecule has 2 aromatic carbocycles. The van der Waals surface area contributed by atoms with Gasteiger partial charge in [-0.25, -0.2) is 10.9 Å². The summed E-state index contributed by atoms with van der Waals surface area (Å²) in [7, 11) is 1.69. The molecule has 1 aliphatic heterocycles. The minimum Gasteiger partial charge on any atom is -0.496 e. The Balaban J connectivity index is 2.03. The summed E-state index contributed by atoms with van der Waals surface area (Å²) in [4.78, 5) is 0. The van der Waals surface area contributed by atoms with Gasteiger partial charge in [0.15, 0.2) is 0 Å². The van der Waals surface area contributed by atoms with Crippen molar-refractivity contribution >= 4 is 0 Å². The van der Waals surface area contributed by atoms with E-state index in [4.69, 9.17) is 4.74 Å². The number of rotatable bonds is 3. The third-order valence-corrected chi connectivity index (χ3v) is 3.14. The van der Waals surface area contributed by atoms with Gasteiger partial charge in [0.1, 0.15) is 11.9 Å². The fourth-order valence-electron chi connectivity index (χ4n) is 2.17. The molecule has 1 heterocycles. The molecule has 2 aromatic rings. The zero-order valence-corrected chi connectivity index (χ0v) is 10.6. The number of ether oxygens (including phenoxy) is 1. The summed E-state index contributed by atoms with van der Waals surface area (Å²) in [5, 5.41) is 0. The zero-order chi connectivity index (χ0) is 13.1. The van der Waals surface area contributed by atoms with Crippen LogP contribution in [0.15, 0.2) is 48.5 Å². The second-order valence-corrected chi connectivity index (χ2v) is 4.30. The van der Waals surface area contributed by atoms with Gasteiger partial charge in [-0.2, -0.15) is 11.1 Å². The van der Waals surface area contributed by atoms with E-state index in [1.54, 1.807) is 7.11 Å². The maximum Gasteiger partial charge on any atom is 0.126 e. The largest absolute Gasteiger partial charge is 0.496 e. The highest BCUT2D eigenvalue weighted by Gasteiger charge is 2.16. The lowest BCUT2D eigenvalue weighted by Crippen LogP contribution is -2.33. The van der Waals surface area contributed by atoms with Crippen molar-refractivity contribution in [3.05, 3.63) is 54.1 Å². The molecule has 0 atom stereocenters. The standard InChI is InChI=1S/C14H16N4O/c1-19-13-8-7-11(14-15-17-18-16-14)9-12(13)10-5-3-2-4-6-10/h2-9,14-18H,1H3. The topological polar surface area (TPSA) is 57.4 Å². The van der Waals surface area contributed by atoms with Crippen molar-refractivity contribution in [1.82, 2.24) is 21.9 Å². The lowest BCUT2D eigenvalue weighted by Gasteiger charge is -2.14. The summed E-state index contributed by atoms with van der Waals surface area (Å²) in [5.41, 5.74) is 15.1. The first-order valence-corrected chi connectivity index (χ1v) is 6.13. The smallest absolute Gasteiger partial charge is 0.126 e. The Hall–Kier alpha value is -1.92. The molecule has 0 radical (unpaired) electrons. The molecule has 19 heavy (non-hydrogen) atoms. The molecule has 4 N–H and O–H groups in total. The lowest BCUT2D eigenvalue weighted by atomic mass is 10.0. The molecule has 1 fully saturated rings. The predicted molar refractivity (Wildman–Crippen MR) is 73.7 cm³/mol. The molecule has 0 saturated carbocycles. The van der Waals surface area contributed by atoms with Crippen LogP contribution >= 0.6 is 0 Å². The van der Waals surface area contributed by atoms with E-state index in [1.807, 2.05) is 30.3 Å². The van der Waals surface area contributed by atoms with E-state index < -0.39 is 0 Å². The molecule has 0 aromatic heterocycles. The van der Waals surface area contributed by atoms with Gasteiger partial charge in [-0.3, -0.25) is 0 Å². The summed E-state index contributed by atoms with van der Waals surface area (Å²) >= 11 is 0. The van der Waals surface area contributed by atoms with E-state index in [0.29, 0.717) is 0 Å². The number of benzene rings is 2. The Morgan fingerprint density at radius 3 is 2.37 bits per heavy atom. The highest BCUT2D eigenvalue weighted by atomic mass is 16.5. The summed E-state index contributed by atoms with van der Waals surface area (Å²) < 4.78 is 5.45. The highest BCUT2D eigenvalue weighted by molar-refractivity contribution is 5.71. The molecule has 98 valence electrons. The molecule has 1 saturated heterocycles. The minimum atomic E-state index is 0.0216. The van der Waals surface area contributed by atoms with Crippen LogP contribution < -0.4 is 26.7 Å². The number of nitrogens with one attached hydrogen (secondary N) is 4. The van der Waals surface area contributed by atoms with Crippen LogP contribution in [0, 0.1) is 0 Å². The van der Waals surface area contributed by atoms with E-state index >= 15 is 0 Å². The predicted octanol–water partition coefficient (Wildman–Crippen LogP) is 1.48. The molecule has 3 rings (SSSR count). The first kappa shape index (κ1) is 12.1. The van der Waals surface area contributed by atoms with Crippen LogP contribution in [-0.2, 0) is 0 Å². The van der Waals surface area contributed by atoms with Crippen molar-refractivity contribution in [2.75, 3.05) is 7.11 Å².